The zero-order chi connectivity index (χ0) is 25.0. The Labute approximate surface area is 215 Å². The van der Waals surface area contributed by atoms with E-state index in [1.54, 1.807) is 0 Å². The molecule has 2 atom stereocenters. The minimum absolute atomic E-state index is 0.145. The van der Waals surface area contributed by atoms with Crippen LogP contribution in [0, 0.1) is 18.8 Å². The minimum Gasteiger partial charge on any atom is -0.369 e. The number of allylic oxidation sites excluding steroid dienone is 2. The Hall–Kier alpha value is -3.14. The molecular formula is C32H40N3O+. The highest BCUT2D eigenvalue weighted by atomic mass is 16.1. The van der Waals surface area contributed by atoms with E-state index in [2.05, 4.69) is 64.9 Å². The maximum absolute atomic E-state index is 13.4. The largest absolute Gasteiger partial charge is 0.369 e. The second-order valence-electron chi connectivity index (χ2n) is 10.8. The molecule has 4 nitrogen and oxygen atoms in total. The van der Waals surface area contributed by atoms with Crippen LogP contribution in [0.4, 0.5) is 0 Å². The van der Waals surface area contributed by atoms with Gasteiger partial charge in [-0.2, -0.15) is 0 Å². The highest BCUT2D eigenvalue weighted by Gasteiger charge is 2.51. The van der Waals surface area contributed by atoms with Crippen LogP contribution in [-0.4, -0.2) is 10.5 Å². The Balaban J connectivity index is 1.38. The van der Waals surface area contributed by atoms with Crippen molar-refractivity contribution >= 4 is 5.91 Å². The monoisotopic (exact) mass is 482 g/mol. The van der Waals surface area contributed by atoms with Gasteiger partial charge in [0.2, 0.25) is 5.91 Å². The van der Waals surface area contributed by atoms with E-state index in [9.17, 15) is 4.79 Å². The smallest absolute Gasteiger partial charge is 0.253 e. The second kappa shape index (κ2) is 10.9. The van der Waals surface area contributed by atoms with Crippen molar-refractivity contribution in [1.82, 2.24) is 4.57 Å². The van der Waals surface area contributed by atoms with Crippen molar-refractivity contribution in [3.05, 3.63) is 102 Å². The Kier molecular flexibility index (Phi) is 7.41. The molecule has 2 saturated carbocycles. The Morgan fingerprint density at radius 3 is 2.22 bits per heavy atom. The van der Waals surface area contributed by atoms with Gasteiger partial charge in [-0.15, -0.1) is 0 Å². The van der Waals surface area contributed by atoms with E-state index in [4.69, 9.17) is 5.73 Å². The summed E-state index contributed by atoms with van der Waals surface area (Å²) < 4.78 is 4.78. The lowest BCUT2D eigenvalue weighted by Gasteiger charge is -2.37. The molecule has 1 amide bonds. The molecule has 188 valence electrons. The van der Waals surface area contributed by atoms with Crippen LogP contribution in [0.3, 0.4) is 0 Å². The maximum atomic E-state index is 13.4. The third kappa shape index (κ3) is 4.66. The number of imidazole rings is 1. The van der Waals surface area contributed by atoms with Crippen LogP contribution in [0.2, 0.25) is 0 Å². The molecule has 0 unspecified atom stereocenters. The average Bonchev–Trinajstić information content (AvgIpc) is 3.53. The number of hydrogen-bond acceptors (Lipinski definition) is 1. The molecule has 2 fully saturated rings. The fourth-order valence-electron chi connectivity index (χ4n) is 6.92. The summed E-state index contributed by atoms with van der Waals surface area (Å²) in [6.07, 6.45) is 19.0. The number of carbonyl (C=O) groups is 1. The van der Waals surface area contributed by atoms with Crippen LogP contribution in [0.15, 0.2) is 85.2 Å². The third-order valence-electron chi connectivity index (χ3n) is 8.81. The fraction of sp³-hybridized carbons (Fsp3) is 0.438. The zero-order valence-corrected chi connectivity index (χ0v) is 21.6. The first kappa shape index (κ1) is 24.5. The first-order chi connectivity index (χ1) is 17.6. The van der Waals surface area contributed by atoms with Gasteiger partial charge >= 0.3 is 0 Å². The number of nitrogens with zero attached hydrogens (tertiary/aromatic N) is 2. The lowest BCUT2D eigenvalue weighted by molar-refractivity contribution is -0.692. The molecule has 2 aromatic carbocycles. The molecule has 4 heteroatoms. The van der Waals surface area contributed by atoms with Crippen LogP contribution in [0.25, 0.3) is 0 Å². The molecule has 0 saturated heterocycles. The molecule has 1 aromatic heterocycles. The minimum atomic E-state index is -0.822. The van der Waals surface area contributed by atoms with Crippen LogP contribution in [0.5, 0.6) is 0 Å². The van der Waals surface area contributed by atoms with Gasteiger partial charge < -0.3 is 5.73 Å². The maximum Gasteiger partial charge on any atom is 0.253 e. The van der Waals surface area contributed by atoms with Crippen molar-refractivity contribution in [3.63, 3.8) is 0 Å². The molecule has 0 aliphatic heterocycles. The van der Waals surface area contributed by atoms with E-state index in [0.29, 0.717) is 6.04 Å². The van der Waals surface area contributed by atoms with Crippen molar-refractivity contribution in [2.24, 2.45) is 17.6 Å². The predicted molar refractivity (Wildman–Crippen MR) is 144 cm³/mol. The van der Waals surface area contributed by atoms with E-state index >= 15 is 0 Å². The summed E-state index contributed by atoms with van der Waals surface area (Å²) in [5.74, 6) is 1.93. The highest BCUT2D eigenvalue weighted by Crippen LogP contribution is 2.49. The first-order valence-corrected chi connectivity index (χ1v) is 13.7. The zero-order valence-electron chi connectivity index (χ0n) is 21.6. The van der Waals surface area contributed by atoms with Gasteiger partial charge in [0.05, 0.1) is 0 Å². The molecule has 5 rings (SSSR count). The van der Waals surface area contributed by atoms with Crippen molar-refractivity contribution < 1.29 is 9.36 Å². The van der Waals surface area contributed by atoms with Crippen molar-refractivity contribution in [3.8, 4) is 0 Å². The molecule has 1 heterocycles. The van der Waals surface area contributed by atoms with Crippen molar-refractivity contribution in [2.45, 2.75) is 76.3 Å². The van der Waals surface area contributed by atoms with Gasteiger partial charge in [-0.25, -0.2) is 9.13 Å². The number of carbonyl (C=O) groups excluding carboxylic acids is 1. The molecule has 2 aliphatic rings. The quantitative estimate of drug-likeness (QED) is 0.309. The summed E-state index contributed by atoms with van der Waals surface area (Å²) in [4.78, 5) is 13.4. The summed E-state index contributed by atoms with van der Waals surface area (Å²) in [7, 11) is 0. The van der Waals surface area contributed by atoms with Gasteiger partial charge in [0, 0.05) is 6.92 Å². The predicted octanol–water partition coefficient (Wildman–Crippen LogP) is 6.03. The summed E-state index contributed by atoms with van der Waals surface area (Å²) in [6, 6.07) is 20.7. The van der Waals surface area contributed by atoms with E-state index < -0.39 is 5.41 Å². The van der Waals surface area contributed by atoms with Gasteiger partial charge in [0.25, 0.3) is 5.82 Å². The number of nitrogens with two attached hydrogens (primary N) is 1. The van der Waals surface area contributed by atoms with Gasteiger partial charge in [0.1, 0.15) is 30.4 Å². The molecule has 0 spiro atoms. The summed E-state index contributed by atoms with van der Waals surface area (Å²) in [6.45, 7) is 3.14. The molecule has 0 bridgehead atoms. The Morgan fingerprint density at radius 1 is 0.972 bits per heavy atom. The summed E-state index contributed by atoms with van der Waals surface area (Å²) in [5, 5.41) is 0. The van der Waals surface area contributed by atoms with E-state index in [0.717, 1.165) is 42.9 Å². The van der Waals surface area contributed by atoms with E-state index in [1.807, 2.05) is 36.4 Å². The van der Waals surface area contributed by atoms with Gasteiger partial charge in [-0.1, -0.05) is 86.0 Å². The number of primary amides is 1. The van der Waals surface area contributed by atoms with Crippen LogP contribution >= 0.6 is 0 Å². The molecule has 36 heavy (non-hydrogen) atoms. The third-order valence-corrected chi connectivity index (χ3v) is 8.81. The topological polar surface area (TPSA) is 51.9 Å². The van der Waals surface area contributed by atoms with Crippen molar-refractivity contribution in [1.29, 1.82) is 0 Å². The van der Waals surface area contributed by atoms with Crippen LogP contribution in [0.1, 0.15) is 74.4 Å². The van der Waals surface area contributed by atoms with Gasteiger partial charge in [-0.05, 0) is 61.1 Å². The van der Waals surface area contributed by atoms with Crippen molar-refractivity contribution in [2.75, 3.05) is 0 Å². The number of amides is 1. The van der Waals surface area contributed by atoms with Crippen LogP contribution in [-0.2, 0) is 16.8 Å². The summed E-state index contributed by atoms with van der Waals surface area (Å²) >= 11 is 0. The number of benzene rings is 2. The fourth-order valence-corrected chi connectivity index (χ4v) is 6.92. The lowest BCUT2D eigenvalue weighted by Crippen LogP contribution is -2.47. The lowest BCUT2D eigenvalue weighted by atomic mass is 9.64. The molecular weight excluding hydrogens is 442 g/mol. The summed E-state index contributed by atoms with van der Waals surface area (Å²) in [5.41, 5.74) is 7.47. The molecule has 2 aliphatic carbocycles. The molecule has 0 radical (unpaired) electrons. The highest BCUT2D eigenvalue weighted by molar-refractivity contribution is 5.91. The standard InChI is InChI=1S/C32H39N3O/c1-25-34(21-11-14-26-12-5-2-6-13-26)22-23-35(25)30-20-19-29(24-30)32(31(33)36,27-15-7-3-8-16-27)28-17-9-4-10-18-28/h3-4,7-11,14-18,22-23,26,29-30H,2,5-6,12-13,19-21,24H2,1H3,(H-,33,36)/p+1/t29-,30+/m0/s1. The van der Waals surface area contributed by atoms with Gasteiger partial charge in [0.15, 0.2) is 0 Å². The molecule has 3 aromatic rings. The SMILES string of the molecule is Cc1n([C@@H]2CC[C@H](C(C(N)=O)(c3ccccc3)c3ccccc3)C2)cc[n+]1CC=CC1CCCCC1. The van der Waals surface area contributed by atoms with E-state index in [-0.39, 0.29) is 11.8 Å². The second-order valence-corrected chi connectivity index (χ2v) is 10.8. The molecule has 2 N–H and O–H groups in total. The van der Waals surface area contributed by atoms with Crippen LogP contribution < -0.4 is 10.3 Å². The Bertz CT molecular complexity index is 1140. The normalized spacial score (nSPS) is 21.2. The first-order valence-electron chi connectivity index (χ1n) is 13.7. The average molecular weight is 483 g/mol. The Morgan fingerprint density at radius 2 is 1.61 bits per heavy atom. The van der Waals surface area contributed by atoms with E-state index in [1.165, 1.54) is 37.9 Å². The van der Waals surface area contributed by atoms with Gasteiger partial charge in [-0.3, -0.25) is 4.79 Å². The number of rotatable bonds is 8. The number of aromatic nitrogens is 2. The number of hydrogen-bond donors (Lipinski definition) is 1.